The first-order valence-corrected chi connectivity index (χ1v) is 9.78. The van der Waals surface area contributed by atoms with E-state index in [4.69, 9.17) is 9.26 Å². The van der Waals surface area contributed by atoms with E-state index >= 15 is 0 Å². The molecule has 2 aromatic carbocycles. The summed E-state index contributed by atoms with van der Waals surface area (Å²) in [6, 6.07) is 16.2. The van der Waals surface area contributed by atoms with Crippen molar-refractivity contribution in [1.82, 2.24) is 14.9 Å². The van der Waals surface area contributed by atoms with Gasteiger partial charge in [0.25, 0.3) is 0 Å². The van der Waals surface area contributed by atoms with Gasteiger partial charge in [0.15, 0.2) is 0 Å². The largest absolute Gasteiger partial charge is 0.494 e. The van der Waals surface area contributed by atoms with Crippen molar-refractivity contribution in [2.75, 3.05) is 6.61 Å². The fourth-order valence-electron chi connectivity index (χ4n) is 2.33. The van der Waals surface area contributed by atoms with Crippen molar-refractivity contribution in [3.63, 3.8) is 0 Å². The van der Waals surface area contributed by atoms with Gasteiger partial charge in [0, 0.05) is 5.56 Å². The summed E-state index contributed by atoms with van der Waals surface area (Å²) in [6.07, 6.45) is 0. The van der Waals surface area contributed by atoms with E-state index in [1.54, 1.807) is 24.3 Å². The number of hydrogen-bond acceptors (Lipinski definition) is 6. The lowest BCUT2D eigenvalue weighted by atomic mass is 10.2. The number of nitrogens with zero attached hydrogens (tertiary/aromatic N) is 2. The van der Waals surface area contributed by atoms with Crippen LogP contribution in [0.4, 0.5) is 0 Å². The number of ether oxygens (including phenoxy) is 1. The molecule has 7 nitrogen and oxygen atoms in total. The quantitative estimate of drug-likeness (QED) is 0.652. The van der Waals surface area contributed by atoms with Crippen LogP contribution in [0.2, 0.25) is 0 Å². The van der Waals surface area contributed by atoms with Crippen LogP contribution in [0, 0.1) is 0 Å². The van der Waals surface area contributed by atoms with Gasteiger partial charge in [0.05, 0.1) is 18.9 Å². The molecule has 3 aromatic rings. The van der Waals surface area contributed by atoms with Crippen LogP contribution in [0.1, 0.15) is 18.4 Å². The molecule has 136 valence electrons. The van der Waals surface area contributed by atoms with E-state index in [0.29, 0.717) is 18.0 Å². The summed E-state index contributed by atoms with van der Waals surface area (Å²) in [7, 11) is -3.49. The molecule has 0 bridgehead atoms. The van der Waals surface area contributed by atoms with E-state index in [9.17, 15) is 8.42 Å². The van der Waals surface area contributed by atoms with Crippen LogP contribution in [0.5, 0.6) is 5.75 Å². The zero-order valence-electron chi connectivity index (χ0n) is 14.3. The van der Waals surface area contributed by atoms with Gasteiger partial charge in [-0.15, -0.1) is 0 Å². The minimum absolute atomic E-state index is 0.0564. The lowest BCUT2D eigenvalue weighted by Crippen LogP contribution is -2.24. The molecule has 0 amide bonds. The van der Waals surface area contributed by atoms with Crippen molar-refractivity contribution >= 4 is 10.0 Å². The van der Waals surface area contributed by atoms with Crippen LogP contribution in [0.15, 0.2) is 59.1 Å². The Bertz CT molecular complexity index is 938. The monoisotopic (exact) mass is 373 g/mol. The second-order valence-electron chi connectivity index (χ2n) is 5.53. The van der Waals surface area contributed by atoms with Gasteiger partial charge in [-0.2, -0.15) is 4.98 Å². The van der Waals surface area contributed by atoms with E-state index in [1.165, 1.54) is 0 Å². The van der Waals surface area contributed by atoms with Crippen LogP contribution in [0.25, 0.3) is 11.4 Å². The maximum atomic E-state index is 12.1. The average Bonchev–Trinajstić information content (AvgIpc) is 3.11. The number of hydrogen-bond donors (Lipinski definition) is 1. The van der Waals surface area contributed by atoms with Gasteiger partial charge in [-0.1, -0.05) is 35.5 Å². The molecular formula is C18H19N3O4S. The summed E-state index contributed by atoms with van der Waals surface area (Å²) in [5.41, 5.74) is 1.47. The first-order chi connectivity index (χ1) is 12.6. The highest BCUT2D eigenvalue weighted by Gasteiger charge is 2.14. The molecule has 0 unspecified atom stereocenters. The van der Waals surface area contributed by atoms with Crippen LogP contribution >= 0.6 is 0 Å². The Morgan fingerprint density at radius 1 is 1.08 bits per heavy atom. The third-order valence-corrected chi connectivity index (χ3v) is 4.83. The Morgan fingerprint density at radius 3 is 2.50 bits per heavy atom. The molecule has 0 saturated heterocycles. The van der Waals surface area contributed by atoms with Gasteiger partial charge in [-0.05, 0) is 36.8 Å². The molecule has 3 rings (SSSR count). The molecule has 1 aromatic heterocycles. The SMILES string of the molecule is CCOc1ccc(-c2noc(CNS(=O)(=O)Cc3ccccc3)n2)cc1. The van der Waals surface area contributed by atoms with Gasteiger partial charge in [0.2, 0.25) is 21.7 Å². The second-order valence-corrected chi connectivity index (χ2v) is 7.34. The van der Waals surface area contributed by atoms with Crippen molar-refractivity contribution in [2.45, 2.75) is 19.2 Å². The molecule has 0 spiro atoms. The minimum atomic E-state index is -3.49. The predicted molar refractivity (Wildman–Crippen MR) is 96.8 cm³/mol. The number of rotatable bonds is 8. The highest BCUT2D eigenvalue weighted by Crippen LogP contribution is 2.20. The Hall–Kier alpha value is -2.71. The van der Waals surface area contributed by atoms with Gasteiger partial charge in [-0.3, -0.25) is 0 Å². The normalized spacial score (nSPS) is 11.4. The van der Waals surface area contributed by atoms with E-state index in [1.807, 2.05) is 37.3 Å². The second kappa shape index (κ2) is 8.11. The molecule has 26 heavy (non-hydrogen) atoms. The van der Waals surface area contributed by atoms with Crippen molar-refractivity contribution in [3.05, 3.63) is 66.1 Å². The molecule has 0 aliphatic rings. The fourth-order valence-corrected chi connectivity index (χ4v) is 3.40. The van der Waals surface area contributed by atoms with Crippen molar-refractivity contribution in [2.24, 2.45) is 0 Å². The zero-order chi connectivity index (χ0) is 18.4. The molecule has 8 heteroatoms. The summed E-state index contributed by atoms with van der Waals surface area (Å²) >= 11 is 0. The number of aromatic nitrogens is 2. The smallest absolute Gasteiger partial charge is 0.242 e. The molecule has 0 saturated carbocycles. The van der Waals surface area contributed by atoms with E-state index in [0.717, 1.165) is 11.3 Å². The summed E-state index contributed by atoms with van der Waals surface area (Å²) < 4.78 is 37.2. The summed E-state index contributed by atoms with van der Waals surface area (Å²) in [4.78, 5) is 4.22. The Labute approximate surface area is 152 Å². The molecule has 0 atom stereocenters. The van der Waals surface area contributed by atoms with Crippen molar-refractivity contribution in [3.8, 4) is 17.1 Å². The number of benzene rings is 2. The van der Waals surface area contributed by atoms with Gasteiger partial charge in [0.1, 0.15) is 5.75 Å². The van der Waals surface area contributed by atoms with Crippen molar-refractivity contribution < 1.29 is 17.7 Å². The van der Waals surface area contributed by atoms with Gasteiger partial charge < -0.3 is 9.26 Å². The van der Waals surface area contributed by atoms with E-state index < -0.39 is 10.0 Å². The standard InChI is InChI=1S/C18H19N3O4S/c1-2-24-16-10-8-15(9-11-16)18-20-17(25-21-18)12-19-26(22,23)13-14-6-4-3-5-7-14/h3-11,19H,2,12-13H2,1H3. The molecule has 1 heterocycles. The molecular weight excluding hydrogens is 354 g/mol. The lowest BCUT2D eigenvalue weighted by Gasteiger charge is -2.04. The Balaban J connectivity index is 1.61. The maximum absolute atomic E-state index is 12.1. The van der Waals surface area contributed by atoms with Gasteiger partial charge in [-0.25, -0.2) is 13.1 Å². The van der Waals surface area contributed by atoms with Crippen LogP contribution in [-0.4, -0.2) is 25.2 Å². The van der Waals surface area contributed by atoms with Crippen molar-refractivity contribution in [1.29, 1.82) is 0 Å². The van der Waals surface area contributed by atoms with E-state index in [2.05, 4.69) is 14.9 Å². The molecule has 1 N–H and O–H groups in total. The first-order valence-electron chi connectivity index (χ1n) is 8.13. The lowest BCUT2D eigenvalue weighted by molar-refractivity contribution is 0.340. The topological polar surface area (TPSA) is 94.3 Å². The molecule has 0 radical (unpaired) electrons. The highest BCUT2D eigenvalue weighted by molar-refractivity contribution is 7.88. The minimum Gasteiger partial charge on any atom is -0.494 e. The van der Waals surface area contributed by atoms with E-state index in [-0.39, 0.29) is 18.2 Å². The molecule has 0 fully saturated rings. The summed E-state index contributed by atoms with van der Waals surface area (Å²) in [5, 5.41) is 3.89. The maximum Gasteiger partial charge on any atom is 0.242 e. The summed E-state index contributed by atoms with van der Waals surface area (Å²) in [5.74, 6) is 1.25. The average molecular weight is 373 g/mol. The predicted octanol–water partition coefficient (Wildman–Crippen LogP) is 2.75. The van der Waals surface area contributed by atoms with Crippen LogP contribution < -0.4 is 9.46 Å². The summed E-state index contributed by atoms with van der Waals surface area (Å²) in [6.45, 7) is 2.45. The third kappa shape index (κ3) is 4.90. The fraction of sp³-hybridized carbons (Fsp3) is 0.222. The Kier molecular flexibility index (Phi) is 5.65. The highest BCUT2D eigenvalue weighted by atomic mass is 32.2. The van der Waals surface area contributed by atoms with Crippen LogP contribution in [0.3, 0.4) is 0 Å². The zero-order valence-corrected chi connectivity index (χ0v) is 15.1. The Morgan fingerprint density at radius 2 is 1.81 bits per heavy atom. The molecule has 0 aliphatic carbocycles. The number of nitrogens with one attached hydrogen (secondary N) is 1. The third-order valence-electron chi connectivity index (χ3n) is 3.53. The number of sulfonamides is 1. The van der Waals surface area contributed by atoms with Gasteiger partial charge >= 0.3 is 0 Å². The van der Waals surface area contributed by atoms with Crippen LogP contribution in [-0.2, 0) is 22.3 Å². The first kappa shape index (κ1) is 18.1. The molecule has 0 aliphatic heterocycles.